The Morgan fingerprint density at radius 3 is 2.36 bits per heavy atom. The maximum Gasteiger partial charge on any atom is 0.266 e. The van der Waals surface area contributed by atoms with Crippen LogP contribution in [0.5, 0.6) is 0 Å². The molecule has 0 saturated heterocycles. The van der Waals surface area contributed by atoms with Crippen LogP contribution >= 0.6 is 0 Å². The molecule has 36 heavy (non-hydrogen) atoms. The molecule has 0 saturated carbocycles. The zero-order valence-electron chi connectivity index (χ0n) is 20.3. The van der Waals surface area contributed by atoms with Crippen LogP contribution < -0.4 is 5.56 Å². The van der Waals surface area contributed by atoms with E-state index in [1.165, 1.54) is 0 Å². The van der Waals surface area contributed by atoms with Gasteiger partial charge in [0.1, 0.15) is 11.6 Å². The van der Waals surface area contributed by atoms with E-state index in [1.807, 2.05) is 85.8 Å². The van der Waals surface area contributed by atoms with Crippen molar-refractivity contribution in [2.45, 2.75) is 32.9 Å². The molecule has 0 aliphatic carbocycles. The van der Waals surface area contributed by atoms with Gasteiger partial charge in [-0.2, -0.15) is 0 Å². The topological polar surface area (TPSA) is 68.3 Å². The van der Waals surface area contributed by atoms with E-state index in [9.17, 15) is 9.59 Å². The maximum absolute atomic E-state index is 13.9. The summed E-state index contributed by atoms with van der Waals surface area (Å²) < 4.78 is 7.21. The molecule has 3 aromatic carbocycles. The van der Waals surface area contributed by atoms with Crippen LogP contribution in [0.2, 0.25) is 0 Å². The Labute approximate surface area is 209 Å². The Morgan fingerprint density at radius 1 is 0.944 bits per heavy atom. The van der Waals surface area contributed by atoms with Gasteiger partial charge in [0.2, 0.25) is 0 Å². The molecular formula is C30H27N3O3. The quantitative estimate of drug-likeness (QED) is 0.291. The number of furan rings is 1. The van der Waals surface area contributed by atoms with Crippen molar-refractivity contribution >= 4 is 16.8 Å². The Hall–Kier alpha value is -4.45. The van der Waals surface area contributed by atoms with Gasteiger partial charge >= 0.3 is 0 Å². The minimum atomic E-state index is -0.536. The third-order valence-electron chi connectivity index (χ3n) is 6.43. The molecule has 1 unspecified atom stereocenters. The van der Waals surface area contributed by atoms with Crippen molar-refractivity contribution in [3.63, 3.8) is 0 Å². The van der Waals surface area contributed by atoms with Gasteiger partial charge in [0.25, 0.3) is 11.5 Å². The SMILES string of the molecule is CCc1ccc(C(=O)N(Cc2ccco2)C(C)c2nc3ccccc3c(=O)n2-c2ccccc2)cc1. The molecule has 0 aliphatic heterocycles. The van der Waals surface area contributed by atoms with Gasteiger partial charge in [0.05, 0.1) is 35.4 Å². The highest BCUT2D eigenvalue weighted by Crippen LogP contribution is 2.26. The number of fused-ring (bicyclic) bond motifs is 1. The number of amides is 1. The van der Waals surface area contributed by atoms with Crippen molar-refractivity contribution in [1.29, 1.82) is 0 Å². The van der Waals surface area contributed by atoms with Gasteiger partial charge < -0.3 is 9.32 Å². The number of aryl methyl sites for hydroxylation is 1. The zero-order valence-corrected chi connectivity index (χ0v) is 20.3. The van der Waals surface area contributed by atoms with Gasteiger partial charge in [0.15, 0.2) is 0 Å². The third kappa shape index (κ3) is 4.45. The summed E-state index contributed by atoms with van der Waals surface area (Å²) >= 11 is 0. The monoisotopic (exact) mass is 477 g/mol. The van der Waals surface area contributed by atoms with E-state index >= 15 is 0 Å². The highest BCUT2D eigenvalue weighted by atomic mass is 16.3. The Balaban J connectivity index is 1.67. The second-order valence-corrected chi connectivity index (χ2v) is 8.70. The van der Waals surface area contributed by atoms with Crippen LogP contribution in [0.4, 0.5) is 0 Å². The van der Waals surface area contributed by atoms with E-state index in [1.54, 1.807) is 27.9 Å². The molecule has 1 atom stereocenters. The Bertz CT molecular complexity index is 1540. The first-order valence-electron chi connectivity index (χ1n) is 12.1. The number of benzene rings is 3. The molecule has 0 bridgehead atoms. The van der Waals surface area contributed by atoms with Crippen LogP contribution in [-0.2, 0) is 13.0 Å². The van der Waals surface area contributed by atoms with Gasteiger partial charge in [0, 0.05) is 5.56 Å². The fraction of sp³-hybridized carbons (Fsp3) is 0.167. The fourth-order valence-corrected chi connectivity index (χ4v) is 4.40. The van der Waals surface area contributed by atoms with Crippen molar-refractivity contribution in [3.05, 3.63) is 130 Å². The molecule has 0 fully saturated rings. The lowest BCUT2D eigenvalue weighted by Gasteiger charge is -2.30. The first kappa shape index (κ1) is 23.3. The summed E-state index contributed by atoms with van der Waals surface area (Å²) in [5.41, 5.74) is 2.84. The summed E-state index contributed by atoms with van der Waals surface area (Å²) in [4.78, 5) is 34.2. The van der Waals surface area contributed by atoms with Gasteiger partial charge in [-0.1, -0.05) is 49.4 Å². The lowest BCUT2D eigenvalue weighted by atomic mass is 10.1. The molecule has 0 radical (unpaired) electrons. The van der Waals surface area contributed by atoms with Crippen molar-refractivity contribution in [1.82, 2.24) is 14.5 Å². The van der Waals surface area contributed by atoms with Gasteiger partial charge in [-0.25, -0.2) is 4.98 Å². The van der Waals surface area contributed by atoms with Crippen LogP contribution in [-0.4, -0.2) is 20.4 Å². The van der Waals surface area contributed by atoms with Crippen LogP contribution in [0.15, 0.2) is 106 Å². The average Bonchev–Trinajstić information content (AvgIpc) is 3.45. The lowest BCUT2D eigenvalue weighted by molar-refractivity contribution is 0.0648. The molecule has 2 heterocycles. The standard InChI is InChI=1S/C30H27N3O3/c1-3-22-15-17-23(18-16-22)29(34)32(20-25-12-9-19-36-25)21(2)28-31-27-14-8-7-13-26(27)30(35)33(28)24-10-5-4-6-11-24/h4-19,21H,3,20H2,1-2H3. The summed E-state index contributed by atoms with van der Waals surface area (Å²) in [7, 11) is 0. The van der Waals surface area contributed by atoms with Gasteiger partial charge in [-0.05, 0) is 67.4 Å². The summed E-state index contributed by atoms with van der Waals surface area (Å²) in [5.74, 6) is 0.966. The van der Waals surface area contributed by atoms with Crippen molar-refractivity contribution in [2.24, 2.45) is 0 Å². The Morgan fingerprint density at radius 2 is 1.67 bits per heavy atom. The smallest absolute Gasteiger partial charge is 0.266 e. The molecule has 180 valence electrons. The molecular weight excluding hydrogens is 450 g/mol. The number of hydrogen-bond donors (Lipinski definition) is 0. The molecule has 6 heteroatoms. The maximum atomic E-state index is 13.9. The second kappa shape index (κ2) is 10.0. The van der Waals surface area contributed by atoms with Crippen LogP contribution in [0.25, 0.3) is 16.6 Å². The number of rotatable bonds is 7. The van der Waals surface area contributed by atoms with Crippen LogP contribution in [0.1, 0.15) is 47.4 Å². The molecule has 0 N–H and O–H groups in total. The number of carbonyl (C=O) groups is 1. The van der Waals surface area contributed by atoms with Crippen molar-refractivity contribution < 1.29 is 9.21 Å². The highest BCUT2D eigenvalue weighted by Gasteiger charge is 2.28. The van der Waals surface area contributed by atoms with Crippen LogP contribution in [0.3, 0.4) is 0 Å². The van der Waals surface area contributed by atoms with E-state index in [4.69, 9.17) is 9.40 Å². The molecule has 6 nitrogen and oxygen atoms in total. The number of carbonyl (C=O) groups excluding carboxylic acids is 1. The lowest BCUT2D eigenvalue weighted by Crippen LogP contribution is -2.37. The Kier molecular flexibility index (Phi) is 6.50. The van der Waals surface area contributed by atoms with Crippen LogP contribution in [0, 0.1) is 0 Å². The van der Waals surface area contributed by atoms with E-state index in [2.05, 4.69) is 6.92 Å². The summed E-state index contributed by atoms with van der Waals surface area (Å²) in [6.07, 6.45) is 2.48. The van der Waals surface area contributed by atoms with E-state index < -0.39 is 6.04 Å². The molecule has 1 amide bonds. The average molecular weight is 478 g/mol. The molecule has 0 spiro atoms. The minimum Gasteiger partial charge on any atom is -0.467 e. The molecule has 5 aromatic rings. The van der Waals surface area contributed by atoms with E-state index in [0.717, 1.165) is 12.0 Å². The molecule has 2 aromatic heterocycles. The third-order valence-corrected chi connectivity index (χ3v) is 6.43. The number of nitrogens with zero attached hydrogens (tertiary/aromatic N) is 3. The van der Waals surface area contributed by atoms with Crippen molar-refractivity contribution in [2.75, 3.05) is 0 Å². The van der Waals surface area contributed by atoms with E-state index in [-0.39, 0.29) is 18.0 Å². The molecule has 0 aliphatic rings. The van der Waals surface area contributed by atoms with Gasteiger partial charge in [-0.15, -0.1) is 0 Å². The summed E-state index contributed by atoms with van der Waals surface area (Å²) in [5, 5.41) is 0.524. The minimum absolute atomic E-state index is 0.163. The van der Waals surface area contributed by atoms with Crippen molar-refractivity contribution in [3.8, 4) is 5.69 Å². The molecule has 5 rings (SSSR count). The zero-order chi connectivity index (χ0) is 25.1. The predicted octanol–water partition coefficient (Wildman–Crippen LogP) is 5.94. The number of aromatic nitrogens is 2. The number of hydrogen-bond acceptors (Lipinski definition) is 4. The van der Waals surface area contributed by atoms with E-state index in [0.29, 0.717) is 33.7 Å². The second-order valence-electron chi connectivity index (χ2n) is 8.70. The normalized spacial score (nSPS) is 11.9. The number of para-hydroxylation sites is 2. The summed E-state index contributed by atoms with van der Waals surface area (Å²) in [6, 6.07) is 27.4. The highest BCUT2D eigenvalue weighted by molar-refractivity contribution is 5.94. The largest absolute Gasteiger partial charge is 0.467 e. The predicted molar refractivity (Wildman–Crippen MR) is 140 cm³/mol. The fourth-order valence-electron chi connectivity index (χ4n) is 4.40. The first-order chi connectivity index (χ1) is 17.6. The summed E-state index contributed by atoms with van der Waals surface area (Å²) in [6.45, 7) is 4.22. The van der Waals surface area contributed by atoms with Gasteiger partial charge in [-0.3, -0.25) is 14.2 Å². The first-order valence-corrected chi connectivity index (χ1v) is 12.1.